The predicted octanol–water partition coefficient (Wildman–Crippen LogP) is 2.75. The Labute approximate surface area is 102 Å². The third-order valence-electron chi connectivity index (χ3n) is 2.61. The average Bonchev–Trinajstić information content (AvgIpc) is 2.30. The molecule has 1 aromatic heterocycles. The Balaban J connectivity index is 2.72. The predicted molar refractivity (Wildman–Crippen MR) is 65.2 cm³/mol. The molecule has 0 aliphatic heterocycles. The van der Waals surface area contributed by atoms with Crippen LogP contribution in [0.3, 0.4) is 0 Å². The molecule has 94 valence electrons. The van der Waals surface area contributed by atoms with E-state index in [0.29, 0.717) is 17.9 Å². The molecule has 0 atom stereocenters. The smallest absolute Gasteiger partial charge is 0.342 e. The molecule has 4 heteroatoms. The van der Waals surface area contributed by atoms with Crippen molar-refractivity contribution in [2.75, 3.05) is 6.61 Å². The minimum Gasteiger partial charge on any atom is -0.505 e. The molecule has 0 unspecified atom stereocenters. The Morgan fingerprint density at radius 1 is 1.41 bits per heavy atom. The van der Waals surface area contributed by atoms with Crippen LogP contribution in [-0.4, -0.2) is 22.7 Å². The zero-order valence-electron chi connectivity index (χ0n) is 10.6. The largest absolute Gasteiger partial charge is 0.505 e. The van der Waals surface area contributed by atoms with E-state index < -0.39 is 5.97 Å². The number of carbonyl (C=O) groups excluding carboxylic acids is 1. The molecular weight excluding hydrogens is 218 g/mol. The minimum absolute atomic E-state index is 0.0782. The van der Waals surface area contributed by atoms with Gasteiger partial charge < -0.3 is 9.84 Å². The van der Waals surface area contributed by atoms with Gasteiger partial charge in [-0.2, -0.15) is 0 Å². The van der Waals surface area contributed by atoms with Crippen molar-refractivity contribution in [2.24, 2.45) is 0 Å². The van der Waals surface area contributed by atoms with E-state index in [1.165, 1.54) is 0 Å². The van der Waals surface area contributed by atoms with Crippen molar-refractivity contribution >= 4 is 5.97 Å². The van der Waals surface area contributed by atoms with Crippen LogP contribution in [0.2, 0.25) is 0 Å². The van der Waals surface area contributed by atoms with Gasteiger partial charge in [-0.15, -0.1) is 0 Å². The molecule has 17 heavy (non-hydrogen) atoms. The second kappa shape index (κ2) is 6.23. The first-order valence-electron chi connectivity index (χ1n) is 5.90. The van der Waals surface area contributed by atoms with E-state index in [4.69, 9.17) is 4.74 Å². The highest BCUT2D eigenvalue weighted by Crippen LogP contribution is 2.23. The summed E-state index contributed by atoms with van der Waals surface area (Å²) in [4.78, 5) is 15.8. The van der Waals surface area contributed by atoms with E-state index in [1.54, 1.807) is 20.0 Å². The highest BCUT2D eigenvalue weighted by Gasteiger charge is 2.17. The number of ether oxygens (including phenoxy) is 1. The lowest BCUT2D eigenvalue weighted by Crippen LogP contribution is -2.09. The van der Waals surface area contributed by atoms with E-state index in [9.17, 15) is 9.90 Å². The summed E-state index contributed by atoms with van der Waals surface area (Å²) in [5.41, 5.74) is 1.30. The van der Waals surface area contributed by atoms with Crippen molar-refractivity contribution in [3.8, 4) is 5.75 Å². The van der Waals surface area contributed by atoms with Gasteiger partial charge in [0, 0.05) is 6.20 Å². The van der Waals surface area contributed by atoms with E-state index in [2.05, 4.69) is 11.9 Å². The lowest BCUT2D eigenvalue weighted by Gasteiger charge is -2.09. The fourth-order valence-electron chi connectivity index (χ4n) is 1.53. The van der Waals surface area contributed by atoms with E-state index in [0.717, 1.165) is 19.3 Å². The van der Waals surface area contributed by atoms with E-state index >= 15 is 0 Å². The maximum atomic E-state index is 11.8. The molecule has 1 rings (SSSR count). The van der Waals surface area contributed by atoms with Gasteiger partial charge in [-0.25, -0.2) is 4.79 Å². The van der Waals surface area contributed by atoms with Crippen molar-refractivity contribution in [2.45, 2.75) is 40.0 Å². The molecule has 0 spiro atoms. The summed E-state index contributed by atoms with van der Waals surface area (Å²) < 4.78 is 5.12. The monoisotopic (exact) mass is 237 g/mol. The summed E-state index contributed by atoms with van der Waals surface area (Å²) in [6.07, 6.45) is 4.54. The van der Waals surface area contributed by atoms with Crippen molar-refractivity contribution < 1.29 is 14.6 Å². The Bertz CT molecular complexity index is 402. The van der Waals surface area contributed by atoms with Crippen LogP contribution in [0.4, 0.5) is 0 Å². The van der Waals surface area contributed by atoms with Gasteiger partial charge in [0.05, 0.1) is 12.3 Å². The number of hydrogen-bond donors (Lipinski definition) is 1. The molecule has 1 heterocycles. The standard InChI is InChI=1S/C13H19NO3/c1-4-5-6-7-17-13(16)11-9(2)8-14-10(3)12(11)15/h8,15H,4-7H2,1-3H3. The van der Waals surface area contributed by atoms with Gasteiger partial charge in [0.1, 0.15) is 5.56 Å². The number of aryl methyl sites for hydroxylation is 2. The van der Waals surface area contributed by atoms with Crippen LogP contribution in [-0.2, 0) is 4.74 Å². The lowest BCUT2D eigenvalue weighted by atomic mass is 10.1. The molecule has 0 saturated heterocycles. The number of unbranched alkanes of at least 4 members (excludes halogenated alkanes) is 2. The molecular formula is C13H19NO3. The van der Waals surface area contributed by atoms with Crippen LogP contribution in [0, 0.1) is 13.8 Å². The van der Waals surface area contributed by atoms with Gasteiger partial charge >= 0.3 is 5.97 Å². The molecule has 0 radical (unpaired) electrons. The average molecular weight is 237 g/mol. The normalized spacial score (nSPS) is 10.3. The van der Waals surface area contributed by atoms with Crippen LogP contribution < -0.4 is 0 Å². The SMILES string of the molecule is CCCCCOC(=O)c1c(C)cnc(C)c1O. The number of aromatic nitrogens is 1. The van der Waals surface area contributed by atoms with E-state index in [1.807, 2.05) is 0 Å². The molecule has 4 nitrogen and oxygen atoms in total. The molecule has 0 saturated carbocycles. The third kappa shape index (κ3) is 3.44. The first-order chi connectivity index (χ1) is 8.07. The number of aromatic hydroxyl groups is 1. The highest BCUT2D eigenvalue weighted by atomic mass is 16.5. The summed E-state index contributed by atoms with van der Waals surface area (Å²) in [5.74, 6) is -0.549. The molecule has 0 fully saturated rings. The summed E-state index contributed by atoms with van der Waals surface area (Å²) >= 11 is 0. The van der Waals surface area contributed by atoms with Crippen LogP contribution in [0.25, 0.3) is 0 Å². The van der Waals surface area contributed by atoms with Crippen LogP contribution in [0.5, 0.6) is 5.75 Å². The molecule has 0 aliphatic carbocycles. The van der Waals surface area contributed by atoms with Gasteiger partial charge in [0.15, 0.2) is 5.75 Å². The molecule has 0 amide bonds. The van der Waals surface area contributed by atoms with Crippen molar-refractivity contribution in [3.63, 3.8) is 0 Å². The quantitative estimate of drug-likeness (QED) is 0.632. The van der Waals surface area contributed by atoms with Gasteiger partial charge in [0.2, 0.25) is 0 Å². The van der Waals surface area contributed by atoms with Gasteiger partial charge in [-0.05, 0) is 25.8 Å². The van der Waals surface area contributed by atoms with Gasteiger partial charge in [0.25, 0.3) is 0 Å². The van der Waals surface area contributed by atoms with Crippen LogP contribution in [0.15, 0.2) is 6.20 Å². The first kappa shape index (κ1) is 13.5. The molecule has 1 N–H and O–H groups in total. The first-order valence-corrected chi connectivity index (χ1v) is 5.90. The Hall–Kier alpha value is -1.58. The maximum absolute atomic E-state index is 11.8. The maximum Gasteiger partial charge on any atom is 0.342 e. The third-order valence-corrected chi connectivity index (χ3v) is 2.61. The fraction of sp³-hybridized carbons (Fsp3) is 0.538. The molecule has 0 aromatic carbocycles. The van der Waals surface area contributed by atoms with Crippen molar-refractivity contribution in [3.05, 3.63) is 23.0 Å². The zero-order valence-corrected chi connectivity index (χ0v) is 10.6. The Morgan fingerprint density at radius 3 is 2.76 bits per heavy atom. The van der Waals surface area contributed by atoms with Gasteiger partial charge in [-0.1, -0.05) is 19.8 Å². The van der Waals surface area contributed by atoms with Crippen molar-refractivity contribution in [1.29, 1.82) is 0 Å². The summed E-state index contributed by atoms with van der Waals surface area (Å²) in [7, 11) is 0. The number of pyridine rings is 1. The Kier molecular flexibility index (Phi) is 4.94. The van der Waals surface area contributed by atoms with Crippen LogP contribution in [0.1, 0.15) is 47.8 Å². The number of hydrogen-bond acceptors (Lipinski definition) is 4. The molecule has 1 aromatic rings. The van der Waals surface area contributed by atoms with E-state index in [-0.39, 0.29) is 11.3 Å². The summed E-state index contributed by atoms with van der Waals surface area (Å²) in [5, 5.41) is 9.79. The molecule has 0 bridgehead atoms. The summed E-state index contributed by atoms with van der Waals surface area (Å²) in [6, 6.07) is 0. The highest BCUT2D eigenvalue weighted by molar-refractivity contribution is 5.94. The fourth-order valence-corrected chi connectivity index (χ4v) is 1.53. The summed E-state index contributed by atoms with van der Waals surface area (Å²) in [6.45, 7) is 5.87. The van der Waals surface area contributed by atoms with Gasteiger partial charge in [-0.3, -0.25) is 4.98 Å². The second-order valence-electron chi connectivity index (χ2n) is 4.09. The lowest BCUT2D eigenvalue weighted by molar-refractivity contribution is 0.0493. The number of carbonyl (C=O) groups is 1. The number of nitrogens with zero attached hydrogens (tertiary/aromatic N) is 1. The second-order valence-corrected chi connectivity index (χ2v) is 4.09. The minimum atomic E-state index is -0.471. The molecule has 0 aliphatic rings. The number of rotatable bonds is 5. The zero-order chi connectivity index (χ0) is 12.8. The topological polar surface area (TPSA) is 59.4 Å². The number of esters is 1. The van der Waals surface area contributed by atoms with Crippen molar-refractivity contribution in [1.82, 2.24) is 4.98 Å². The van der Waals surface area contributed by atoms with Crippen LogP contribution >= 0.6 is 0 Å². The Morgan fingerprint density at radius 2 is 2.12 bits per heavy atom.